The van der Waals surface area contributed by atoms with Gasteiger partial charge in [0.2, 0.25) is 5.91 Å². The maximum atomic E-state index is 12.2. The summed E-state index contributed by atoms with van der Waals surface area (Å²) >= 11 is 0. The fourth-order valence-corrected chi connectivity index (χ4v) is 3.18. The number of nitrogens with two attached hydrogens (primary N) is 1. The molecular formula is C14H27ClN2O. The summed E-state index contributed by atoms with van der Waals surface area (Å²) in [7, 11) is 0. The van der Waals surface area contributed by atoms with E-state index in [9.17, 15) is 4.79 Å². The minimum atomic E-state index is 0. The summed E-state index contributed by atoms with van der Waals surface area (Å²) in [6.07, 6.45) is 5.42. The molecule has 3 nitrogen and oxygen atoms in total. The van der Waals surface area contributed by atoms with Crippen molar-refractivity contribution in [3.63, 3.8) is 0 Å². The molecule has 0 spiro atoms. The van der Waals surface area contributed by atoms with Gasteiger partial charge in [-0.3, -0.25) is 4.79 Å². The number of amides is 1. The molecule has 2 aliphatic rings. The van der Waals surface area contributed by atoms with Crippen LogP contribution in [-0.4, -0.2) is 29.9 Å². The molecule has 1 saturated carbocycles. The quantitative estimate of drug-likeness (QED) is 0.841. The van der Waals surface area contributed by atoms with Gasteiger partial charge in [0.05, 0.1) is 0 Å². The molecule has 0 aromatic heterocycles. The lowest BCUT2D eigenvalue weighted by atomic mass is 9.83. The van der Waals surface area contributed by atoms with Crippen LogP contribution in [0.15, 0.2) is 0 Å². The zero-order chi connectivity index (χ0) is 12.4. The minimum Gasteiger partial charge on any atom is -0.342 e. The SMILES string of the molecule is CC1CN(C(=O)CC2CCCCC2N)CC1C.Cl. The molecule has 18 heavy (non-hydrogen) atoms. The van der Waals surface area contributed by atoms with Crippen LogP contribution in [0.4, 0.5) is 0 Å². The van der Waals surface area contributed by atoms with Gasteiger partial charge in [0.25, 0.3) is 0 Å². The van der Waals surface area contributed by atoms with Crippen molar-refractivity contribution in [3.8, 4) is 0 Å². The Hall–Kier alpha value is -0.280. The molecule has 0 radical (unpaired) electrons. The first-order valence-corrected chi connectivity index (χ1v) is 7.11. The molecule has 0 aromatic rings. The number of nitrogens with zero attached hydrogens (tertiary/aromatic N) is 1. The fourth-order valence-electron chi connectivity index (χ4n) is 3.18. The van der Waals surface area contributed by atoms with Crippen molar-refractivity contribution < 1.29 is 4.79 Å². The lowest BCUT2D eigenvalue weighted by molar-refractivity contribution is -0.131. The summed E-state index contributed by atoms with van der Waals surface area (Å²) in [5.74, 6) is 2.07. The van der Waals surface area contributed by atoms with E-state index < -0.39 is 0 Å². The first kappa shape index (κ1) is 15.8. The van der Waals surface area contributed by atoms with Gasteiger partial charge in [-0.05, 0) is 30.6 Å². The lowest BCUT2D eigenvalue weighted by Crippen LogP contribution is -2.38. The van der Waals surface area contributed by atoms with Crippen LogP contribution < -0.4 is 5.73 Å². The highest BCUT2D eigenvalue weighted by Crippen LogP contribution is 2.28. The number of halogens is 1. The van der Waals surface area contributed by atoms with E-state index >= 15 is 0 Å². The van der Waals surface area contributed by atoms with E-state index in [2.05, 4.69) is 18.7 Å². The van der Waals surface area contributed by atoms with Crippen molar-refractivity contribution in [2.75, 3.05) is 13.1 Å². The van der Waals surface area contributed by atoms with Crippen molar-refractivity contribution in [1.82, 2.24) is 4.90 Å². The third-order valence-corrected chi connectivity index (χ3v) is 4.75. The molecule has 4 unspecified atom stereocenters. The standard InChI is InChI=1S/C14H26N2O.ClH/c1-10-8-16(9-11(10)2)14(17)7-12-5-3-4-6-13(12)15;/h10-13H,3-9,15H2,1-2H3;1H. The van der Waals surface area contributed by atoms with Gasteiger partial charge in [0, 0.05) is 25.6 Å². The Morgan fingerprint density at radius 3 is 2.28 bits per heavy atom. The molecule has 1 heterocycles. The molecule has 4 atom stereocenters. The normalized spacial score (nSPS) is 36.3. The molecular weight excluding hydrogens is 248 g/mol. The maximum absolute atomic E-state index is 12.2. The van der Waals surface area contributed by atoms with Crippen molar-refractivity contribution >= 4 is 18.3 Å². The van der Waals surface area contributed by atoms with E-state index in [4.69, 9.17) is 5.73 Å². The first-order chi connectivity index (χ1) is 8.08. The van der Waals surface area contributed by atoms with Gasteiger partial charge in [-0.1, -0.05) is 26.7 Å². The average molecular weight is 275 g/mol. The van der Waals surface area contributed by atoms with Crippen LogP contribution in [0.1, 0.15) is 46.0 Å². The Balaban J connectivity index is 0.00000162. The second-order valence-corrected chi connectivity index (χ2v) is 6.17. The molecule has 106 valence electrons. The van der Waals surface area contributed by atoms with E-state index in [-0.39, 0.29) is 18.4 Å². The van der Waals surface area contributed by atoms with E-state index in [1.807, 2.05) is 0 Å². The van der Waals surface area contributed by atoms with Crippen LogP contribution in [-0.2, 0) is 4.79 Å². The Bertz CT molecular complexity index is 275. The monoisotopic (exact) mass is 274 g/mol. The van der Waals surface area contributed by atoms with Crippen LogP contribution in [0.25, 0.3) is 0 Å². The molecule has 0 aromatic carbocycles. The average Bonchev–Trinajstić information content (AvgIpc) is 2.63. The third-order valence-electron chi connectivity index (χ3n) is 4.75. The summed E-state index contributed by atoms with van der Waals surface area (Å²) in [4.78, 5) is 14.3. The van der Waals surface area contributed by atoms with Crippen molar-refractivity contribution in [3.05, 3.63) is 0 Å². The number of carbonyl (C=O) groups is 1. The lowest BCUT2D eigenvalue weighted by Gasteiger charge is -2.29. The number of hydrogen-bond donors (Lipinski definition) is 1. The summed E-state index contributed by atoms with van der Waals surface area (Å²) in [6.45, 7) is 6.37. The van der Waals surface area contributed by atoms with Crippen molar-refractivity contribution in [2.45, 2.75) is 52.0 Å². The van der Waals surface area contributed by atoms with Crippen LogP contribution in [0, 0.1) is 17.8 Å². The van der Waals surface area contributed by atoms with Gasteiger partial charge >= 0.3 is 0 Å². The zero-order valence-electron chi connectivity index (χ0n) is 11.6. The highest BCUT2D eigenvalue weighted by atomic mass is 35.5. The molecule has 0 bridgehead atoms. The Labute approximate surface area is 117 Å². The minimum absolute atomic E-state index is 0. The van der Waals surface area contributed by atoms with Gasteiger partial charge in [0.15, 0.2) is 0 Å². The van der Waals surface area contributed by atoms with E-state index in [0.717, 1.165) is 25.9 Å². The summed E-state index contributed by atoms with van der Waals surface area (Å²) < 4.78 is 0. The third kappa shape index (κ3) is 3.61. The highest BCUT2D eigenvalue weighted by molar-refractivity contribution is 5.85. The van der Waals surface area contributed by atoms with Gasteiger partial charge < -0.3 is 10.6 Å². The predicted octanol–water partition coefficient (Wildman–Crippen LogP) is 2.43. The van der Waals surface area contributed by atoms with E-state index in [1.165, 1.54) is 12.8 Å². The zero-order valence-corrected chi connectivity index (χ0v) is 12.4. The van der Waals surface area contributed by atoms with Gasteiger partial charge in [-0.2, -0.15) is 0 Å². The maximum Gasteiger partial charge on any atom is 0.222 e. The Kier molecular flexibility index (Phi) is 5.93. The summed E-state index contributed by atoms with van der Waals surface area (Å²) in [5.41, 5.74) is 6.11. The first-order valence-electron chi connectivity index (χ1n) is 7.11. The number of carbonyl (C=O) groups excluding carboxylic acids is 1. The van der Waals surface area contributed by atoms with Gasteiger partial charge in [-0.25, -0.2) is 0 Å². The highest BCUT2D eigenvalue weighted by Gasteiger charge is 2.32. The predicted molar refractivity (Wildman–Crippen MR) is 76.7 cm³/mol. The molecule has 2 rings (SSSR count). The van der Waals surface area contributed by atoms with Gasteiger partial charge in [0.1, 0.15) is 0 Å². The van der Waals surface area contributed by atoms with Crippen LogP contribution >= 0.6 is 12.4 Å². The molecule has 1 aliphatic carbocycles. The largest absolute Gasteiger partial charge is 0.342 e. The van der Waals surface area contributed by atoms with Crippen LogP contribution in [0.5, 0.6) is 0 Å². The molecule has 2 N–H and O–H groups in total. The molecule has 2 fully saturated rings. The van der Waals surface area contributed by atoms with Gasteiger partial charge in [-0.15, -0.1) is 12.4 Å². The molecule has 1 aliphatic heterocycles. The topological polar surface area (TPSA) is 46.3 Å². The van der Waals surface area contributed by atoms with Crippen LogP contribution in [0.2, 0.25) is 0 Å². The smallest absolute Gasteiger partial charge is 0.222 e. The second kappa shape index (κ2) is 6.76. The van der Waals surface area contributed by atoms with E-state index in [0.29, 0.717) is 30.1 Å². The van der Waals surface area contributed by atoms with E-state index in [1.54, 1.807) is 0 Å². The Morgan fingerprint density at radius 2 is 1.72 bits per heavy atom. The molecule has 4 heteroatoms. The van der Waals surface area contributed by atoms with Crippen molar-refractivity contribution in [2.24, 2.45) is 23.5 Å². The fraction of sp³-hybridized carbons (Fsp3) is 0.929. The number of rotatable bonds is 2. The number of likely N-dealkylation sites (tertiary alicyclic amines) is 1. The number of hydrogen-bond acceptors (Lipinski definition) is 2. The molecule has 1 amide bonds. The molecule has 1 saturated heterocycles. The Morgan fingerprint density at radius 1 is 1.17 bits per heavy atom. The summed E-state index contributed by atoms with van der Waals surface area (Å²) in [6, 6.07) is 0.255. The van der Waals surface area contributed by atoms with Crippen molar-refractivity contribution in [1.29, 1.82) is 0 Å². The summed E-state index contributed by atoms with van der Waals surface area (Å²) in [5, 5.41) is 0. The second-order valence-electron chi connectivity index (χ2n) is 6.17. The van der Waals surface area contributed by atoms with Crippen LogP contribution in [0.3, 0.4) is 0 Å².